The highest BCUT2D eigenvalue weighted by atomic mass is 32.2. The summed E-state index contributed by atoms with van der Waals surface area (Å²) in [4.78, 5) is 14.4. The average molecular weight is 502 g/mol. The van der Waals surface area contributed by atoms with Crippen molar-refractivity contribution < 1.29 is 18.5 Å². The van der Waals surface area contributed by atoms with Gasteiger partial charge in [-0.2, -0.15) is 0 Å². The normalized spacial score (nSPS) is 17.0. The Balaban J connectivity index is 1.98. The summed E-state index contributed by atoms with van der Waals surface area (Å²) in [6, 6.07) is 6.97. The fourth-order valence-corrected chi connectivity index (χ4v) is 4.41. The van der Waals surface area contributed by atoms with Crippen molar-refractivity contribution in [2.45, 2.75) is 59.9 Å². The van der Waals surface area contributed by atoms with Gasteiger partial charge in [0.1, 0.15) is 11.5 Å². The minimum Gasteiger partial charge on any atom is -0.505 e. The first kappa shape index (κ1) is 26.5. The van der Waals surface area contributed by atoms with Gasteiger partial charge in [-0.15, -0.1) is 8.80 Å². The van der Waals surface area contributed by atoms with Gasteiger partial charge < -0.3 is 25.1 Å². The Hall–Kier alpha value is -3.14. The summed E-state index contributed by atoms with van der Waals surface area (Å²) in [6.07, 6.45) is 0. The zero-order valence-corrected chi connectivity index (χ0v) is 22.6. The molecule has 2 atom stereocenters. The number of nitrogens with one attached hydrogen (secondary N) is 2. The highest BCUT2D eigenvalue weighted by Gasteiger charge is 2.34. The molecule has 1 aromatic carbocycles. The molecular formula is C25H35N5O4S. The van der Waals surface area contributed by atoms with Gasteiger partial charge in [0, 0.05) is 14.1 Å². The number of carbonyl (C=O) groups is 1. The van der Waals surface area contributed by atoms with Crippen molar-refractivity contribution in [2.24, 2.45) is 14.2 Å². The Morgan fingerprint density at radius 2 is 1.69 bits per heavy atom. The third-order valence-electron chi connectivity index (χ3n) is 5.61. The summed E-state index contributed by atoms with van der Waals surface area (Å²) in [6.45, 7) is 14.0. The first-order chi connectivity index (χ1) is 16.1. The number of hydrogen-bond donors (Lipinski definition) is 3. The van der Waals surface area contributed by atoms with E-state index in [-0.39, 0.29) is 51.5 Å². The molecule has 1 unspecified atom stereocenters. The van der Waals surface area contributed by atoms with E-state index in [2.05, 4.69) is 40.2 Å². The minimum absolute atomic E-state index is 0.197. The summed E-state index contributed by atoms with van der Waals surface area (Å²) in [5.74, 6) is 1.44. The number of benzene rings is 1. The Morgan fingerprint density at radius 3 is 2.20 bits per heavy atom. The van der Waals surface area contributed by atoms with Gasteiger partial charge >= 0.3 is 0 Å². The molecule has 0 saturated carbocycles. The number of anilines is 1. The number of amidine groups is 2. The molecule has 10 heteroatoms. The molecule has 9 nitrogen and oxygen atoms in total. The SMILES string of the molecule is Cc1ccc([C@H](NC2=NS(=O)N=C2Nc2ccc(C(C)(C)C)c(C(=O)N(C)C)c2O)C(C)(C)C)o1. The molecule has 0 spiro atoms. The van der Waals surface area contributed by atoms with Crippen LogP contribution in [0.15, 0.2) is 37.5 Å². The molecule has 0 saturated heterocycles. The summed E-state index contributed by atoms with van der Waals surface area (Å²) in [7, 11) is 3.27. The van der Waals surface area contributed by atoms with Crippen LogP contribution in [0.4, 0.5) is 5.69 Å². The van der Waals surface area contributed by atoms with E-state index in [9.17, 15) is 14.1 Å². The Bertz CT molecular complexity index is 1220. The predicted molar refractivity (Wildman–Crippen MR) is 140 cm³/mol. The quantitative estimate of drug-likeness (QED) is 0.532. The van der Waals surface area contributed by atoms with Gasteiger partial charge in [0.2, 0.25) is 0 Å². The van der Waals surface area contributed by atoms with Crippen LogP contribution in [0, 0.1) is 12.3 Å². The number of phenolic OH excluding ortho intramolecular Hbond substituents is 1. The number of hydrogen-bond acceptors (Lipinski definition) is 6. The molecule has 1 aromatic heterocycles. The standard InChI is InChI=1S/C25H35N5O4S/c1-14-10-13-17(34-14)20(25(5,6)7)27-22-21(28-35(33)29-22)26-16-12-11-15(24(2,3)4)18(19(16)31)23(32)30(8)9/h10-13,20,31H,1-9H3,(H,26,28)(H,27,29)/t20-,35?/m0/s1. The first-order valence-corrected chi connectivity index (χ1v) is 12.4. The molecule has 2 heterocycles. The van der Waals surface area contributed by atoms with Gasteiger partial charge in [-0.05, 0) is 41.5 Å². The van der Waals surface area contributed by atoms with Gasteiger partial charge in [-0.3, -0.25) is 4.79 Å². The smallest absolute Gasteiger partial charge is 0.269 e. The first-order valence-electron chi connectivity index (χ1n) is 11.4. The highest BCUT2D eigenvalue weighted by molar-refractivity contribution is 7.83. The minimum atomic E-state index is -1.83. The number of rotatable bonds is 4. The van der Waals surface area contributed by atoms with E-state index < -0.39 is 11.2 Å². The Labute approximate surface area is 209 Å². The molecule has 3 rings (SSSR count). The van der Waals surface area contributed by atoms with Crippen molar-refractivity contribution in [3.05, 3.63) is 46.9 Å². The summed E-state index contributed by atoms with van der Waals surface area (Å²) in [5.41, 5.74) is 0.528. The fourth-order valence-electron chi connectivity index (χ4n) is 3.78. The zero-order chi connectivity index (χ0) is 26.3. The fraction of sp³-hybridized carbons (Fsp3) is 0.480. The van der Waals surface area contributed by atoms with Crippen molar-refractivity contribution in [3.8, 4) is 5.75 Å². The number of aryl methyl sites for hydroxylation is 1. The molecule has 190 valence electrons. The molecule has 3 N–H and O–H groups in total. The molecule has 1 aliphatic heterocycles. The molecule has 0 aliphatic carbocycles. The molecular weight excluding hydrogens is 466 g/mol. The Morgan fingerprint density at radius 1 is 1.06 bits per heavy atom. The summed E-state index contributed by atoms with van der Waals surface area (Å²) in [5, 5.41) is 17.5. The number of aromatic hydroxyl groups is 1. The molecule has 1 aliphatic rings. The predicted octanol–water partition coefficient (Wildman–Crippen LogP) is 4.47. The largest absolute Gasteiger partial charge is 0.505 e. The van der Waals surface area contributed by atoms with Crippen LogP contribution in [-0.4, -0.2) is 45.9 Å². The van der Waals surface area contributed by atoms with E-state index >= 15 is 0 Å². The van der Waals surface area contributed by atoms with Crippen molar-refractivity contribution in [1.82, 2.24) is 10.2 Å². The van der Waals surface area contributed by atoms with Crippen LogP contribution >= 0.6 is 0 Å². The summed E-state index contributed by atoms with van der Waals surface area (Å²) < 4.78 is 26.4. The lowest BCUT2D eigenvalue weighted by Crippen LogP contribution is -2.41. The van der Waals surface area contributed by atoms with Crippen molar-refractivity contribution in [2.75, 3.05) is 19.4 Å². The maximum atomic E-state index is 13.0. The maximum Gasteiger partial charge on any atom is 0.269 e. The number of amides is 1. The van der Waals surface area contributed by atoms with E-state index in [4.69, 9.17) is 4.42 Å². The van der Waals surface area contributed by atoms with Crippen molar-refractivity contribution in [1.29, 1.82) is 0 Å². The number of phenols is 1. The van der Waals surface area contributed by atoms with E-state index in [1.165, 1.54) is 4.90 Å². The second-order valence-electron chi connectivity index (χ2n) is 11.0. The van der Waals surface area contributed by atoms with Crippen LogP contribution in [-0.2, 0) is 16.6 Å². The Kier molecular flexibility index (Phi) is 7.17. The second kappa shape index (κ2) is 9.49. The second-order valence-corrected chi connectivity index (χ2v) is 11.8. The molecule has 1 amide bonds. The molecule has 0 radical (unpaired) electrons. The molecule has 35 heavy (non-hydrogen) atoms. The van der Waals surface area contributed by atoms with Crippen LogP contribution in [0.2, 0.25) is 0 Å². The topological polar surface area (TPSA) is 120 Å². The van der Waals surface area contributed by atoms with E-state index in [0.717, 1.165) is 5.76 Å². The van der Waals surface area contributed by atoms with Gasteiger partial charge in [-0.1, -0.05) is 47.6 Å². The lowest BCUT2D eigenvalue weighted by molar-refractivity contribution is 0.0822. The molecule has 0 bridgehead atoms. The van der Waals surface area contributed by atoms with Crippen molar-refractivity contribution in [3.63, 3.8) is 0 Å². The van der Waals surface area contributed by atoms with Gasteiger partial charge in [-0.25, -0.2) is 4.21 Å². The highest BCUT2D eigenvalue weighted by Crippen LogP contribution is 2.38. The van der Waals surface area contributed by atoms with E-state index in [1.807, 2.05) is 39.8 Å². The van der Waals surface area contributed by atoms with Gasteiger partial charge in [0.25, 0.3) is 17.1 Å². The van der Waals surface area contributed by atoms with Gasteiger partial charge in [0.05, 0.1) is 17.3 Å². The number of carbonyl (C=O) groups excluding carboxylic acids is 1. The number of furan rings is 1. The molecule has 0 fully saturated rings. The van der Waals surface area contributed by atoms with Gasteiger partial charge in [0.15, 0.2) is 17.4 Å². The van der Waals surface area contributed by atoms with Crippen LogP contribution < -0.4 is 10.6 Å². The average Bonchev–Trinajstić information content (AvgIpc) is 3.29. The van der Waals surface area contributed by atoms with Crippen molar-refractivity contribution >= 4 is 34.4 Å². The monoisotopic (exact) mass is 501 g/mol. The lowest BCUT2D eigenvalue weighted by atomic mass is 9.82. The van der Waals surface area contributed by atoms with E-state index in [1.54, 1.807) is 26.2 Å². The third-order valence-corrected chi connectivity index (χ3v) is 6.29. The number of nitrogens with zero attached hydrogens (tertiary/aromatic N) is 3. The van der Waals surface area contributed by atoms with E-state index in [0.29, 0.717) is 11.3 Å². The van der Waals surface area contributed by atoms with Crippen LogP contribution in [0.1, 0.15) is 75.0 Å². The molecule has 2 aromatic rings. The lowest BCUT2D eigenvalue weighted by Gasteiger charge is -2.30. The van der Waals surface area contributed by atoms with Crippen LogP contribution in [0.25, 0.3) is 0 Å². The van der Waals surface area contributed by atoms with Crippen LogP contribution in [0.5, 0.6) is 5.75 Å². The maximum absolute atomic E-state index is 13.0. The third kappa shape index (κ3) is 5.75. The zero-order valence-electron chi connectivity index (χ0n) is 21.8. The summed E-state index contributed by atoms with van der Waals surface area (Å²) >= 11 is -1.83. The van der Waals surface area contributed by atoms with Crippen LogP contribution in [0.3, 0.4) is 0 Å².